The Kier molecular flexibility index (Phi) is 7.97. The van der Waals surface area contributed by atoms with Gasteiger partial charge in [-0.05, 0) is 43.0 Å². The fourth-order valence-electron chi connectivity index (χ4n) is 4.48. The molecular weight excluding hydrogens is 451 g/mol. The second-order valence-corrected chi connectivity index (χ2v) is 9.15. The molecule has 4 rings (SSSR count). The maximum Gasteiger partial charge on any atom is 0.257 e. The maximum absolute atomic E-state index is 13.9. The summed E-state index contributed by atoms with van der Waals surface area (Å²) in [4.78, 5) is 40.3. The third-order valence-corrected chi connectivity index (χ3v) is 6.37. The van der Waals surface area contributed by atoms with Crippen LogP contribution in [0.2, 0.25) is 0 Å². The van der Waals surface area contributed by atoms with Crippen LogP contribution in [0.1, 0.15) is 35.2 Å². The Labute approximate surface area is 204 Å². The average molecular weight is 483 g/mol. The van der Waals surface area contributed by atoms with Crippen LogP contribution in [0.15, 0.2) is 48.5 Å². The molecule has 2 bridgehead atoms. The van der Waals surface area contributed by atoms with E-state index in [1.807, 2.05) is 30.3 Å². The van der Waals surface area contributed by atoms with Gasteiger partial charge < -0.3 is 25.6 Å². The van der Waals surface area contributed by atoms with Gasteiger partial charge >= 0.3 is 0 Å². The van der Waals surface area contributed by atoms with Crippen molar-refractivity contribution in [3.63, 3.8) is 0 Å². The zero-order chi connectivity index (χ0) is 24.8. The van der Waals surface area contributed by atoms with Crippen molar-refractivity contribution in [3.8, 4) is 5.75 Å². The van der Waals surface area contributed by atoms with Crippen LogP contribution >= 0.6 is 0 Å². The molecule has 2 aromatic rings. The zero-order valence-corrected chi connectivity index (χ0v) is 19.8. The first-order valence-corrected chi connectivity index (χ1v) is 11.9. The van der Waals surface area contributed by atoms with Gasteiger partial charge in [-0.25, -0.2) is 4.39 Å². The number of hydrogen-bond donors (Lipinski definition) is 3. The minimum Gasteiger partial charge on any atom is -0.491 e. The fraction of sp³-hybridized carbons (Fsp3) is 0.423. The van der Waals surface area contributed by atoms with Gasteiger partial charge in [-0.3, -0.25) is 14.4 Å². The summed E-state index contributed by atoms with van der Waals surface area (Å²) in [5, 5.41) is 9.22. The molecule has 2 aromatic carbocycles. The number of nitrogens with zero attached hydrogens (tertiary/aromatic N) is 1. The first-order valence-electron chi connectivity index (χ1n) is 11.9. The molecule has 0 saturated carbocycles. The second kappa shape index (κ2) is 11.3. The predicted molar refractivity (Wildman–Crippen MR) is 129 cm³/mol. The van der Waals surface area contributed by atoms with Crippen LogP contribution in [0.25, 0.3) is 0 Å². The van der Waals surface area contributed by atoms with E-state index in [4.69, 9.17) is 4.74 Å². The number of benzene rings is 2. The minimum atomic E-state index is -0.722. The Morgan fingerprint density at radius 1 is 1.17 bits per heavy atom. The number of amides is 3. The first-order chi connectivity index (χ1) is 16.9. The van der Waals surface area contributed by atoms with Crippen LogP contribution in [0.4, 0.5) is 4.39 Å². The Morgan fingerprint density at radius 2 is 1.97 bits per heavy atom. The van der Waals surface area contributed by atoms with E-state index >= 15 is 0 Å². The van der Waals surface area contributed by atoms with Gasteiger partial charge in [-0.15, -0.1) is 0 Å². The molecule has 0 aliphatic carbocycles. The van der Waals surface area contributed by atoms with Crippen LogP contribution in [-0.2, 0) is 16.0 Å². The highest BCUT2D eigenvalue weighted by molar-refractivity contribution is 5.96. The summed E-state index contributed by atoms with van der Waals surface area (Å²) in [6, 6.07) is 12.4. The minimum absolute atomic E-state index is 0.0396. The van der Waals surface area contributed by atoms with Crippen LogP contribution in [0.3, 0.4) is 0 Å². The molecule has 2 heterocycles. The fourth-order valence-corrected chi connectivity index (χ4v) is 4.48. The first kappa shape index (κ1) is 24.7. The maximum atomic E-state index is 13.9. The van der Waals surface area contributed by atoms with Crippen molar-refractivity contribution in [2.45, 2.75) is 43.8 Å². The van der Waals surface area contributed by atoms with Crippen molar-refractivity contribution in [2.75, 3.05) is 26.7 Å². The Morgan fingerprint density at radius 3 is 2.77 bits per heavy atom. The van der Waals surface area contributed by atoms with Crippen molar-refractivity contribution in [3.05, 3.63) is 65.5 Å². The monoisotopic (exact) mass is 482 g/mol. The highest BCUT2D eigenvalue weighted by Crippen LogP contribution is 2.23. The number of carbonyl (C=O) groups excluding carboxylic acids is 3. The molecule has 35 heavy (non-hydrogen) atoms. The normalized spacial score (nSPS) is 23.4. The van der Waals surface area contributed by atoms with Crippen molar-refractivity contribution in [1.29, 1.82) is 0 Å². The number of halogens is 1. The summed E-state index contributed by atoms with van der Waals surface area (Å²) >= 11 is 0. The van der Waals surface area contributed by atoms with Gasteiger partial charge in [0, 0.05) is 32.2 Å². The molecule has 0 unspecified atom stereocenters. The van der Waals surface area contributed by atoms with E-state index in [9.17, 15) is 18.8 Å². The molecule has 9 heteroatoms. The summed E-state index contributed by atoms with van der Waals surface area (Å²) in [5.74, 6) is -1.02. The molecule has 1 fully saturated rings. The Balaban J connectivity index is 1.49. The van der Waals surface area contributed by atoms with Gasteiger partial charge in [-0.1, -0.05) is 30.3 Å². The van der Waals surface area contributed by atoms with E-state index in [0.29, 0.717) is 38.1 Å². The smallest absolute Gasteiger partial charge is 0.257 e. The molecule has 3 amide bonds. The molecule has 186 valence electrons. The molecule has 2 aliphatic rings. The summed E-state index contributed by atoms with van der Waals surface area (Å²) in [7, 11) is 1.63. The number of hydrogen-bond acceptors (Lipinski definition) is 5. The average Bonchev–Trinajstić information content (AvgIpc) is 3.29. The molecule has 3 atom stereocenters. The molecule has 8 nitrogen and oxygen atoms in total. The lowest BCUT2D eigenvalue weighted by Crippen LogP contribution is -2.50. The van der Waals surface area contributed by atoms with E-state index in [2.05, 4.69) is 16.0 Å². The Hall–Kier alpha value is -3.46. The lowest BCUT2D eigenvalue weighted by Gasteiger charge is -2.23. The van der Waals surface area contributed by atoms with Gasteiger partial charge in [0.2, 0.25) is 11.8 Å². The second-order valence-electron chi connectivity index (χ2n) is 9.15. The van der Waals surface area contributed by atoms with Crippen LogP contribution in [0.5, 0.6) is 5.75 Å². The van der Waals surface area contributed by atoms with Crippen LogP contribution < -0.4 is 20.7 Å². The molecule has 1 saturated heterocycles. The van der Waals surface area contributed by atoms with E-state index in [0.717, 1.165) is 5.56 Å². The third-order valence-electron chi connectivity index (χ3n) is 6.37. The van der Waals surface area contributed by atoms with Gasteiger partial charge in [0.15, 0.2) is 0 Å². The van der Waals surface area contributed by atoms with E-state index < -0.39 is 11.9 Å². The standard InChI is InChI=1S/C26H31FN4O4/c1-31-11-5-8-22(30-24(32)12-17-6-3-2-4-7-17)25(33)29-19-14-20(28-15-19)16-35-23-10-9-18(27)13-21(23)26(31)34/h2-4,6-7,9-10,13,19-20,22,28H,5,8,11-12,14-16H2,1H3,(H,29,33)(H,30,32)/t19-,20+,22+/m1/s1. The summed E-state index contributed by atoms with van der Waals surface area (Å²) < 4.78 is 19.8. The molecule has 2 aliphatic heterocycles. The lowest BCUT2D eigenvalue weighted by atomic mass is 10.1. The van der Waals surface area contributed by atoms with Crippen LogP contribution in [-0.4, -0.2) is 67.5 Å². The molecule has 0 radical (unpaired) electrons. The van der Waals surface area contributed by atoms with Crippen LogP contribution in [0, 0.1) is 5.82 Å². The van der Waals surface area contributed by atoms with E-state index in [1.165, 1.54) is 23.1 Å². The number of ether oxygens (including phenoxy) is 1. The van der Waals surface area contributed by atoms with Crippen molar-refractivity contribution >= 4 is 17.7 Å². The van der Waals surface area contributed by atoms with E-state index in [1.54, 1.807) is 7.05 Å². The predicted octanol–water partition coefficient (Wildman–Crippen LogP) is 1.64. The highest BCUT2D eigenvalue weighted by atomic mass is 19.1. The number of carbonyl (C=O) groups is 3. The molecular formula is C26H31FN4O4. The van der Waals surface area contributed by atoms with Crippen molar-refractivity contribution < 1.29 is 23.5 Å². The zero-order valence-electron chi connectivity index (χ0n) is 19.8. The topological polar surface area (TPSA) is 99.8 Å². The molecule has 0 spiro atoms. The summed E-state index contributed by atoms with van der Waals surface area (Å²) in [6.45, 7) is 1.18. The van der Waals surface area contributed by atoms with Gasteiger partial charge in [-0.2, -0.15) is 0 Å². The number of nitrogens with one attached hydrogen (secondary N) is 3. The number of rotatable bonds is 3. The quantitative estimate of drug-likeness (QED) is 0.618. The lowest BCUT2D eigenvalue weighted by molar-refractivity contribution is -0.129. The van der Waals surface area contributed by atoms with Crippen molar-refractivity contribution in [2.24, 2.45) is 0 Å². The third kappa shape index (κ3) is 6.57. The van der Waals surface area contributed by atoms with Crippen molar-refractivity contribution in [1.82, 2.24) is 20.9 Å². The summed E-state index contributed by atoms with van der Waals surface area (Å²) in [6.07, 6.45) is 1.65. The van der Waals surface area contributed by atoms with Gasteiger partial charge in [0.1, 0.15) is 24.2 Å². The van der Waals surface area contributed by atoms with Gasteiger partial charge in [0.05, 0.1) is 12.0 Å². The molecule has 0 aromatic heterocycles. The summed E-state index contributed by atoms with van der Waals surface area (Å²) in [5.41, 5.74) is 1.03. The highest BCUT2D eigenvalue weighted by Gasteiger charge is 2.30. The van der Waals surface area contributed by atoms with E-state index in [-0.39, 0.29) is 48.4 Å². The Bertz CT molecular complexity index is 1060. The largest absolute Gasteiger partial charge is 0.491 e. The number of fused-ring (bicyclic) bond motifs is 3. The SMILES string of the molecule is CN1CCC[C@H](NC(=O)Cc2ccccc2)C(=O)N[C@H]2CN[C@H](COc3ccc(F)cc3C1=O)C2. The molecule has 3 N–H and O–H groups in total. The van der Waals surface area contributed by atoms with Gasteiger partial charge in [0.25, 0.3) is 5.91 Å².